The van der Waals surface area contributed by atoms with E-state index < -0.39 is 20.0 Å². The van der Waals surface area contributed by atoms with Crippen LogP contribution in [0, 0.1) is 0 Å². The largest absolute Gasteiger partial charge is 0.472 e. The van der Waals surface area contributed by atoms with Gasteiger partial charge >= 0.3 is 7.82 Å². The number of hydrogen-bond acceptors (Lipinski definition) is 5. The summed E-state index contributed by atoms with van der Waals surface area (Å²) in [6, 6.07) is -0.870. The molecule has 1 amide bonds. The fourth-order valence-electron chi connectivity index (χ4n) is 7.83. The summed E-state index contributed by atoms with van der Waals surface area (Å²) in [6.45, 7) is 4.68. The molecule has 0 fully saturated rings. The molecule has 0 saturated heterocycles. The number of hydrogen-bond donors (Lipinski definition) is 3. The predicted molar refractivity (Wildman–Crippen MR) is 304 cm³/mol. The first-order valence-corrected chi connectivity index (χ1v) is 30.1. The minimum absolute atomic E-state index is 0.0520. The lowest BCUT2D eigenvalue weighted by molar-refractivity contribution is -0.870. The van der Waals surface area contributed by atoms with Crippen molar-refractivity contribution in [1.82, 2.24) is 5.32 Å². The van der Waals surface area contributed by atoms with E-state index >= 15 is 0 Å². The molecule has 0 heterocycles. The highest BCUT2D eigenvalue weighted by Gasteiger charge is 2.27. The zero-order valence-electron chi connectivity index (χ0n) is 46.0. The van der Waals surface area contributed by atoms with Crippen LogP contribution in [0.15, 0.2) is 97.2 Å². The van der Waals surface area contributed by atoms with Crippen LogP contribution in [0.2, 0.25) is 0 Å². The third-order valence-electron chi connectivity index (χ3n) is 12.3. The van der Waals surface area contributed by atoms with Crippen LogP contribution in [0.1, 0.15) is 232 Å². The summed E-state index contributed by atoms with van der Waals surface area (Å²) < 4.78 is 23.7. The van der Waals surface area contributed by atoms with Crippen molar-refractivity contribution < 1.29 is 32.9 Å². The Morgan fingerprint density at radius 1 is 0.500 bits per heavy atom. The van der Waals surface area contributed by atoms with E-state index in [0.29, 0.717) is 17.4 Å². The third kappa shape index (κ3) is 53.2. The Morgan fingerprint density at radius 3 is 1.31 bits per heavy atom. The zero-order valence-corrected chi connectivity index (χ0v) is 46.9. The Kier molecular flexibility index (Phi) is 49.4. The average Bonchev–Trinajstić information content (AvgIpc) is 3.32. The number of carbonyl (C=O) groups excluding carboxylic acids is 1. The highest BCUT2D eigenvalue weighted by Crippen LogP contribution is 2.43. The van der Waals surface area contributed by atoms with Gasteiger partial charge in [0.25, 0.3) is 0 Å². The second kappa shape index (κ2) is 51.3. The Labute approximate surface area is 432 Å². The van der Waals surface area contributed by atoms with Crippen LogP contribution < -0.4 is 5.32 Å². The molecule has 3 N–H and O–H groups in total. The van der Waals surface area contributed by atoms with Gasteiger partial charge < -0.3 is 19.8 Å². The molecule has 0 aliphatic rings. The van der Waals surface area contributed by atoms with Crippen molar-refractivity contribution in [3.63, 3.8) is 0 Å². The number of allylic oxidation sites excluding steroid dienone is 15. The van der Waals surface area contributed by atoms with E-state index in [9.17, 15) is 19.4 Å². The Bertz CT molecular complexity index is 1460. The van der Waals surface area contributed by atoms with E-state index in [4.69, 9.17) is 9.05 Å². The normalized spacial score (nSPS) is 14.7. The van der Waals surface area contributed by atoms with E-state index in [1.54, 1.807) is 6.08 Å². The van der Waals surface area contributed by atoms with E-state index in [1.165, 1.54) is 135 Å². The van der Waals surface area contributed by atoms with Crippen LogP contribution in [-0.4, -0.2) is 73.4 Å². The highest BCUT2D eigenvalue weighted by molar-refractivity contribution is 7.47. The number of aliphatic hydroxyl groups excluding tert-OH is 1. The molecule has 8 nitrogen and oxygen atoms in total. The maximum atomic E-state index is 13.0. The molecule has 0 radical (unpaired) electrons. The number of likely N-dealkylation sites (N-methyl/N-ethyl adjacent to an activating group) is 1. The van der Waals surface area contributed by atoms with E-state index in [2.05, 4.69) is 104 Å². The molecule has 0 bridgehead atoms. The van der Waals surface area contributed by atoms with Gasteiger partial charge in [0.05, 0.1) is 39.9 Å². The summed E-state index contributed by atoms with van der Waals surface area (Å²) in [4.78, 5) is 23.3. The maximum absolute atomic E-state index is 13.0. The van der Waals surface area contributed by atoms with E-state index in [-0.39, 0.29) is 19.1 Å². The number of unbranched alkanes of at least 4 members (excludes halogenated alkanes) is 24. The predicted octanol–water partition coefficient (Wildman–Crippen LogP) is 17.4. The van der Waals surface area contributed by atoms with Gasteiger partial charge in [0.2, 0.25) is 5.91 Å². The van der Waals surface area contributed by atoms with Gasteiger partial charge in [0, 0.05) is 6.42 Å². The SMILES string of the molecule is CC/C=C\C/C=C\C/C=C\C/C=C\C/C=C\C/C=C\CCCCCCCCCCCCCCC(=O)NC(COP(=O)(O)OCC[N+](C)(C)C)C(O)/C=C/CC/C=C/CCCCCCCCCCCCC. The minimum Gasteiger partial charge on any atom is -0.387 e. The molecular formula is C61H110N2O6P+. The van der Waals surface area contributed by atoms with Crippen molar-refractivity contribution in [3.8, 4) is 0 Å². The number of phosphoric ester groups is 1. The average molecular weight is 999 g/mol. The molecule has 0 aromatic rings. The minimum atomic E-state index is -4.36. The monoisotopic (exact) mass is 998 g/mol. The number of phosphoric acid groups is 1. The Morgan fingerprint density at radius 2 is 0.871 bits per heavy atom. The van der Waals surface area contributed by atoms with Gasteiger partial charge in [-0.05, 0) is 83.5 Å². The third-order valence-corrected chi connectivity index (χ3v) is 13.3. The Hall–Kier alpha value is -2.58. The number of amides is 1. The lowest BCUT2D eigenvalue weighted by Gasteiger charge is -2.25. The first-order valence-electron chi connectivity index (χ1n) is 28.6. The molecule has 0 aromatic heterocycles. The summed E-state index contributed by atoms with van der Waals surface area (Å²) in [5.41, 5.74) is 0. The fraction of sp³-hybridized carbons (Fsp3) is 0.721. The fourth-order valence-corrected chi connectivity index (χ4v) is 8.56. The van der Waals surface area contributed by atoms with Crippen LogP contribution in [0.4, 0.5) is 0 Å². The molecule has 0 saturated carbocycles. The van der Waals surface area contributed by atoms with Crippen LogP contribution >= 0.6 is 7.82 Å². The summed E-state index contributed by atoms with van der Waals surface area (Å²) in [5.74, 6) is -0.192. The molecule has 0 aliphatic heterocycles. The number of quaternary nitrogens is 1. The molecule has 0 rings (SSSR count). The molecule has 3 atom stereocenters. The second-order valence-corrected chi connectivity index (χ2v) is 21.7. The van der Waals surface area contributed by atoms with Crippen molar-refractivity contribution in [3.05, 3.63) is 97.2 Å². The molecule has 3 unspecified atom stereocenters. The number of nitrogens with one attached hydrogen (secondary N) is 1. The van der Waals surface area contributed by atoms with Gasteiger partial charge in [-0.2, -0.15) is 0 Å². The standard InChI is InChI=1S/C61H109N2O6P/c1-6-8-10-12-14-16-18-20-22-24-25-26-27-28-29-30-31-32-33-34-35-36-37-39-41-43-45-47-49-51-53-55-61(65)62-59(58-69-70(66,67)68-57-56-63(3,4)5)60(64)54-52-50-48-46-44-42-40-38-23-21-19-17-15-13-11-9-7-2/h8,10,14,16,20,22,25-26,28-29,31-32,44,46,52,54,59-60,64H,6-7,9,11-13,15,17-19,21,23-24,27,30,33-43,45,47-51,53,55-58H2,1-5H3,(H-,62,65,66,67)/p+1/b10-8-,16-14-,22-20-,26-25-,29-28-,32-31-,46-44+,54-52+. The zero-order chi connectivity index (χ0) is 51.3. The van der Waals surface area contributed by atoms with Crippen molar-refractivity contribution in [2.75, 3.05) is 40.9 Å². The van der Waals surface area contributed by atoms with Gasteiger partial charge in [-0.15, -0.1) is 0 Å². The lowest BCUT2D eigenvalue weighted by atomic mass is 10.0. The summed E-state index contributed by atoms with van der Waals surface area (Å²) in [7, 11) is 1.54. The van der Waals surface area contributed by atoms with Crippen molar-refractivity contribution in [1.29, 1.82) is 0 Å². The molecule has 0 aliphatic carbocycles. The van der Waals surface area contributed by atoms with Crippen molar-refractivity contribution >= 4 is 13.7 Å². The van der Waals surface area contributed by atoms with Crippen molar-refractivity contribution in [2.45, 2.75) is 244 Å². The lowest BCUT2D eigenvalue weighted by Crippen LogP contribution is -2.45. The number of nitrogens with zero attached hydrogens (tertiary/aromatic N) is 1. The summed E-state index contributed by atoms with van der Waals surface area (Å²) in [6.07, 6.45) is 73.6. The van der Waals surface area contributed by atoms with Gasteiger partial charge in [-0.3, -0.25) is 13.8 Å². The molecule has 70 heavy (non-hydrogen) atoms. The first kappa shape index (κ1) is 67.4. The van der Waals surface area contributed by atoms with E-state index in [1.807, 2.05) is 27.2 Å². The van der Waals surface area contributed by atoms with Crippen molar-refractivity contribution in [2.24, 2.45) is 0 Å². The molecule has 404 valence electrons. The van der Waals surface area contributed by atoms with E-state index in [0.717, 1.165) is 77.0 Å². The van der Waals surface area contributed by atoms with Gasteiger partial charge in [-0.25, -0.2) is 4.57 Å². The number of carbonyl (C=O) groups is 1. The summed E-state index contributed by atoms with van der Waals surface area (Å²) >= 11 is 0. The van der Waals surface area contributed by atoms with Crippen LogP contribution in [0.5, 0.6) is 0 Å². The van der Waals surface area contributed by atoms with Crippen LogP contribution in [0.25, 0.3) is 0 Å². The summed E-state index contributed by atoms with van der Waals surface area (Å²) in [5, 5.41) is 13.9. The van der Waals surface area contributed by atoms with Crippen LogP contribution in [0.3, 0.4) is 0 Å². The number of aliphatic hydroxyl groups is 1. The quantitative estimate of drug-likeness (QED) is 0.0243. The van der Waals surface area contributed by atoms with Gasteiger partial charge in [0.15, 0.2) is 0 Å². The highest BCUT2D eigenvalue weighted by atomic mass is 31.2. The Balaban J connectivity index is 4.21. The van der Waals surface area contributed by atoms with Gasteiger partial charge in [-0.1, -0.05) is 239 Å². The molecule has 9 heteroatoms. The van der Waals surface area contributed by atoms with Gasteiger partial charge in [0.1, 0.15) is 13.2 Å². The number of rotatable bonds is 51. The smallest absolute Gasteiger partial charge is 0.387 e. The first-order chi connectivity index (χ1) is 34.0. The maximum Gasteiger partial charge on any atom is 0.472 e. The molecular weight excluding hydrogens is 888 g/mol. The van der Waals surface area contributed by atoms with Crippen LogP contribution in [-0.2, 0) is 18.4 Å². The topological polar surface area (TPSA) is 105 Å². The molecule has 0 spiro atoms. The molecule has 0 aromatic carbocycles. The second-order valence-electron chi connectivity index (χ2n) is 20.3.